The van der Waals surface area contributed by atoms with E-state index in [2.05, 4.69) is 0 Å². The maximum absolute atomic E-state index is 12.0. The fourth-order valence-electron chi connectivity index (χ4n) is 2.69. The molecule has 0 saturated heterocycles. The van der Waals surface area contributed by atoms with Gasteiger partial charge >= 0.3 is 5.97 Å². The summed E-state index contributed by atoms with van der Waals surface area (Å²) in [5.74, 6) is 0.701. The number of ether oxygens (including phenoxy) is 2. The predicted octanol–water partition coefficient (Wildman–Crippen LogP) is 2.68. The number of hydrogen-bond donors (Lipinski definition) is 0. The van der Waals surface area contributed by atoms with Crippen LogP contribution in [0.2, 0.25) is 0 Å². The molecule has 0 amide bonds. The molecular weight excluding hydrogens is 216 g/mol. The number of hydrogen-bond acceptors (Lipinski definition) is 3. The third kappa shape index (κ3) is 2.02. The van der Waals surface area contributed by atoms with Gasteiger partial charge in [-0.2, -0.15) is 0 Å². The monoisotopic (exact) mass is 234 g/mol. The largest absolute Gasteiger partial charge is 0.497 e. The molecule has 0 atom stereocenters. The van der Waals surface area contributed by atoms with Crippen molar-refractivity contribution in [3.63, 3.8) is 0 Å². The minimum absolute atomic E-state index is 0.111. The average Bonchev–Trinajstić information content (AvgIpc) is 2.88. The van der Waals surface area contributed by atoms with Crippen LogP contribution in [0.4, 0.5) is 0 Å². The Labute approximate surface area is 102 Å². The zero-order valence-electron chi connectivity index (χ0n) is 10.4. The molecule has 0 heterocycles. The molecule has 17 heavy (non-hydrogen) atoms. The molecule has 0 radical (unpaired) electrons. The lowest BCUT2D eigenvalue weighted by atomic mass is 9.79. The summed E-state index contributed by atoms with van der Waals surface area (Å²) in [6.45, 7) is 0. The van der Waals surface area contributed by atoms with Gasteiger partial charge in [0.15, 0.2) is 0 Å². The molecule has 3 heteroatoms. The van der Waals surface area contributed by atoms with Gasteiger partial charge in [0.2, 0.25) is 0 Å². The van der Waals surface area contributed by atoms with Crippen LogP contribution in [0.1, 0.15) is 31.2 Å². The number of carbonyl (C=O) groups excluding carboxylic acids is 1. The number of rotatable bonds is 3. The average molecular weight is 234 g/mol. The van der Waals surface area contributed by atoms with Gasteiger partial charge in [-0.25, -0.2) is 0 Å². The van der Waals surface area contributed by atoms with Crippen LogP contribution in [0.15, 0.2) is 24.3 Å². The Morgan fingerprint density at radius 3 is 2.18 bits per heavy atom. The van der Waals surface area contributed by atoms with Gasteiger partial charge in [0.1, 0.15) is 5.75 Å². The molecule has 0 bridgehead atoms. The molecule has 1 saturated carbocycles. The highest BCUT2D eigenvalue weighted by Crippen LogP contribution is 2.42. The van der Waals surface area contributed by atoms with Crippen molar-refractivity contribution in [3.05, 3.63) is 29.8 Å². The van der Waals surface area contributed by atoms with Crippen molar-refractivity contribution in [2.75, 3.05) is 14.2 Å². The first kappa shape index (κ1) is 12.0. The zero-order chi connectivity index (χ0) is 12.3. The maximum Gasteiger partial charge on any atom is 0.316 e. The SMILES string of the molecule is COC(=O)C1(c2ccc(OC)cc2)CCCC1. The van der Waals surface area contributed by atoms with Crippen molar-refractivity contribution >= 4 is 5.97 Å². The van der Waals surface area contributed by atoms with E-state index in [1.165, 1.54) is 7.11 Å². The van der Waals surface area contributed by atoms with Gasteiger partial charge < -0.3 is 9.47 Å². The third-order valence-corrected chi connectivity index (χ3v) is 3.68. The van der Waals surface area contributed by atoms with Crippen LogP contribution in [0.5, 0.6) is 5.75 Å². The van der Waals surface area contributed by atoms with E-state index >= 15 is 0 Å². The molecule has 92 valence electrons. The molecule has 0 unspecified atom stereocenters. The lowest BCUT2D eigenvalue weighted by Crippen LogP contribution is -2.33. The number of esters is 1. The van der Waals surface area contributed by atoms with Gasteiger partial charge in [-0.1, -0.05) is 25.0 Å². The molecule has 0 N–H and O–H groups in total. The highest BCUT2D eigenvalue weighted by atomic mass is 16.5. The Hall–Kier alpha value is -1.51. The quantitative estimate of drug-likeness (QED) is 0.754. The van der Waals surface area contributed by atoms with Crippen molar-refractivity contribution < 1.29 is 14.3 Å². The fraction of sp³-hybridized carbons (Fsp3) is 0.500. The topological polar surface area (TPSA) is 35.5 Å². The van der Waals surface area contributed by atoms with Crippen LogP contribution >= 0.6 is 0 Å². The molecule has 3 nitrogen and oxygen atoms in total. The van der Waals surface area contributed by atoms with Crippen LogP contribution in [0.3, 0.4) is 0 Å². The first-order valence-corrected chi connectivity index (χ1v) is 5.96. The smallest absolute Gasteiger partial charge is 0.316 e. The summed E-state index contributed by atoms with van der Waals surface area (Å²) in [7, 11) is 3.10. The molecule has 1 aliphatic carbocycles. The van der Waals surface area contributed by atoms with Gasteiger partial charge in [-0.05, 0) is 30.5 Å². The first-order valence-electron chi connectivity index (χ1n) is 5.96. The van der Waals surface area contributed by atoms with Crippen LogP contribution in [0.25, 0.3) is 0 Å². The second kappa shape index (κ2) is 4.78. The highest BCUT2D eigenvalue weighted by Gasteiger charge is 2.43. The van der Waals surface area contributed by atoms with E-state index < -0.39 is 5.41 Å². The van der Waals surface area contributed by atoms with E-state index in [0.29, 0.717) is 0 Å². The van der Waals surface area contributed by atoms with E-state index in [-0.39, 0.29) is 5.97 Å². The summed E-state index contributed by atoms with van der Waals surface area (Å²) in [6, 6.07) is 7.75. The van der Waals surface area contributed by atoms with Gasteiger partial charge in [0.25, 0.3) is 0 Å². The molecule has 0 aliphatic heterocycles. The minimum Gasteiger partial charge on any atom is -0.497 e. The van der Waals surface area contributed by atoms with Crippen molar-refractivity contribution in [1.29, 1.82) is 0 Å². The summed E-state index contributed by atoms with van der Waals surface area (Å²) in [4.78, 5) is 12.0. The fourth-order valence-corrected chi connectivity index (χ4v) is 2.69. The summed E-state index contributed by atoms with van der Waals surface area (Å²) < 4.78 is 10.1. The van der Waals surface area contributed by atoms with Crippen LogP contribution in [-0.4, -0.2) is 20.2 Å². The molecule has 1 fully saturated rings. The van der Waals surface area contributed by atoms with Gasteiger partial charge in [0.05, 0.1) is 19.6 Å². The van der Waals surface area contributed by atoms with Crippen LogP contribution < -0.4 is 4.74 Å². The van der Waals surface area contributed by atoms with Crippen molar-refractivity contribution in [3.8, 4) is 5.75 Å². The molecule has 1 aromatic carbocycles. The summed E-state index contributed by atoms with van der Waals surface area (Å²) in [6.07, 6.45) is 3.93. The minimum atomic E-state index is -0.430. The molecule has 0 spiro atoms. The second-order valence-corrected chi connectivity index (χ2v) is 4.51. The molecule has 0 aromatic heterocycles. The first-order chi connectivity index (χ1) is 8.23. The van der Waals surface area contributed by atoms with Gasteiger partial charge in [0, 0.05) is 0 Å². The Morgan fingerprint density at radius 1 is 1.12 bits per heavy atom. The normalized spacial score (nSPS) is 17.8. The van der Waals surface area contributed by atoms with Crippen molar-refractivity contribution in [1.82, 2.24) is 0 Å². The predicted molar refractivity (Wildman–Crippen MR) is 65.2 cm³/mol. The molecule has 1 aromatic rings. The Kier molecular flexibility index (Phi) is 3.36. The van der Waals surface area contributed by atoms with Crippen LogP contribution in [0, 0.1) is 0 Å². The summed E-state index contributed by atoms with van der Waals surface area (Å²) in [5, 5.41) is 0. The molecular formula is C14H18O3. The van der Waals surface area contributed by atoms with Crippen LogP contribution in [-0.2, 0) is 14.9 Å². The number of carbonyl (C=O) groups is 1. The standard InChI is InChI=1S/C14H18O3/c1-16-12-7-5-11(6-8-12)14(13(15)17-2)9-3-4-10-14/h5-8H,3-4,9-10H2,1-2H3. The summed E-state index contributed by atoms with van der Waals surface area (Å²) in [5.41, 5.74) is 0.615. The van der Waals surface area contributed by atoms with E-state index in [4.69, 9.17) is 9.47 Å². The van der Waals surface area contributed by atoms with E-state index in [9.17, 15) is 4.79 Å². The Morgan fingerprint density at radius 2 is 1.71 bits per heavy atom. The maximum atomic E-state index is 12.0. The number of methoxy groups -OCH3 is 2. The van der Waals surface area contributed by atoms with E-state index in [0.717, 1.165) is 37.0 Å². The lowest BCUT2D eigenvalue weighted by molar-refractivity contribution is -0.147. The Balaban J connectivity index is 2.35. The lowest BCUT2D eigenvalue weighted by Gasteiger charge is -2.26. The third-order valence-electron chi connectivity index (χ3n) is 3.68. The van der Waals surface area contributed by atoms with Gasteiger partial charge in [-0.3, -0.25) is 4.79 Å². The Bertz CT molecular complexity index is 388. The molecule has 1 aliphatic rings. The van der Waals surface area contributed by atoms with E-state index in [1.54, 1.807) is 7.11 Å². The van der Waals surface area contributed by atoms with Crippen molar-refractivity contribution in [2.45, 2.75) is 31.1 Å². The second-order valence-electron chi connectivity index (χ2n) is 4.51. The number of benzene rings is 1. The van der Waals surface area contributed by atoms with E-state index in [1.807, 2.05) is 24.3 Å². The highest BCUT2D eigenvalue weighted by molar-refractivity contribution is 5.83. The molecule has 2 rings (SSSR count). The van der Waals surface area contributed by atoms with Crippen molar-refractivity contribution in [2.24, 2.45) is 0 Å². The zero-order valence-corrected chi connectivity index (χ0v) is 10.4. The summed E-state index contributed by atoms with van der Waals surface area (Å²) >= 11 is 0. The van der Waals surface area contributed by atoms with Gasteiger partial charge in [-0.15, -0.1) is 0 Å².